The molecule has 0 aliphatic carbocycles. The topological polar surface area (TPSA) is 81.4 Å². The lowest BCUT2D eigenvalue weighted by molar-refractivity contribution is -0.118. The summed E-state index contributed by atoms with van der Waals surface area (Å²) < 4.78 is 4.66. The fraction of sp³-hybridized carbons (Fsp3) is 0.429. The Kier molecular flexibility index (Phi) is 5.98. The summed E-state index contributed by atoms with van der Waals surface area (Å²) in [5.41, 5.74) is 6.39. The molecular weight excluding hydrogens is 280 g/mol. The predicted molar refractivity (Wildman–Crippen MR) is 78.9 cm³/mol. The van der Waals surface area contributed by atoms with Crippen LogP contribution in [-0.4, -0.2) is 25.0 Å². The number of hydrogen-bond donors (Lipinski definition) is 2. The molecule has 2 unspecified atom stereocenters. The summed E-state index contributed by atoms with van der Waals surface area (Å²) in [6.07, 6.45) is 0.786. The van der Waals surface area contributed by atoms with Crippen LogP contribution in [0.15, 0.2) is 18.2 Å². The Labute approximate surface area is 123 Å². The van der Waals surface area contributed by atoms with Gasteiger partial charge in [0.25, 0.3) is 0 Å². The molecule has 110 valence electrons. The number of anilines is 1. The van der Waals surface area contributed by atoms with E-state index < -0.39 is 12.0 Å². The van der Waals surface area contributed by atoms with Crippen LogP contribution in [0.1, 0.15) is 30.6 Å². The Balaban J connectivity index is 2.99. The highest BCUT2D eigenvalue weighted by Gasteiger charge is 2.21. The SMILES string of the molecule is CCC(C)C(N)C(=O)Nc1cc(Cl)ccc1C(=O)OC. The second kappa shape index (κ2) is 7.26. The number of nitrogens with one attached hydrogen (secondary N) is 1. The van der Waals surface area contributed by atoms with Crippen LogP contribution in [0.25, 0.3) is 0 Å². The molecule has 3 N–H and O–H groups in total. The molecule has 2 atom stereocenters. The molecule has 6 heteroatoms. The number of ether oxygens (including phenoxy) is 1. The van der Waals surface area contributed by atoms with Crippen LogP contribution in [-0.2, 0) is 9.53 Å². The standard InChI is InChI=1S/C14H19ClN2O3/c1-4-8(2)12(16)13(18)17-11-7-9(15)5-6-10(11)14(19)20-3/h5-8,12H,4,16H2,1-3H3,(H,17,18). The number of carbonyl (C=O) groups is 2. The number of amides is 1. The predicted octanol–water partition coefficient (Wildman–Crippen LogP) is 2.44. The monoisotopic (exact) mass is 298 g/mol. The van der Waals surface area contributed by atoms with Crippen LogP contribution in [0.4, 0.5) is 5.69 Å². The minimum absolute atomic E-state index is 0.0377. The summed E-state index contributed by atoms with van der Waals surface area (Å²) >= 11 is 5.88. The number of hydrogen-bond acceptors (Lipinski definition) is 4. The summed E-state index contributed by atoms with van der Waals surface area (Å²) in [5, 5.41) is 3.04. The van der Waals surface area contributed by atoms with Crippen molar-refractivity contribution in [1.29, 1.82) is 0 Å². The van der Waals surface area contributed by atoms with E-state index in [4.69, 9.17) is 17.3 Å². The third-order valence-electron chi connectivity index (χ3n) is 3.20. The van der Waals surface area contributed by atoms with E-state index in [1.54, 1.807) is 6.07 Å². The van der Waals surface area contributed by atoms with Gasteiger partial charge in [0.05, 0.1) is 24.4 Å². The Hall–Kier alpha value is -1.59. The van der Waals surface area contributed by atoms with Gasteiger partial charge in [0, 0.05) is 5.02 Å². The highest BCUT2D eigenvalue weighted by molar-refractivity contribution is 6.31. The second-order valence-corrected chi connectivity index (χ2v) is 5.02. The first-order valence-electron chi connectivity index (χ1n) is 6.35. The summed E-state index contributed by atoms with van der Waals surface area (Å²) in [7, 11) is 1.27. The van der Waals surface area contributed by atoms with Crippen LogP contribution >= 0.6 is 11.6 Å². The molecule has 0 fully saturated rings. The van der Waals surface area contributed by atoms with Crippen molar-refractivity contribution >= 4 is 29.2 Å². The highest BCUT2D eigenvalue weighted by atomic mass is 35.5. The molecule has 0 saturated carbocycles. The van der Waals surface area contributed by atoms with Gasteiger partial charge in [-0.2, -0.15) is 0 Å². The van der Waals surface area contributed by atoms with Crippen molar-refractivity contribution in [3.63, 3.8) is 0 Å². The third kappa shape index (κ3) is 3.95. The van der Waals surface area contributed by atoms with E-state index in [9.17, 15) is 9.59 Å². The lowest BCUT2D eigenvalue weighted by Crippen LogP contribution is -2.40. The second-order valence-electron chi connectivity index (χ2n) is 4.58. The molecule has 0 saturated heterocycles. The molecule has 0 spiro atoms. The molecule has 20 heavy (non-hydrogen) atoms. The van der Waals surface area contributed by atoms with Crippen molar-refractivity contribution < 1.29 is 14.3 Å². The molecule has 0 radical (unpaired) electrons. The maximum atomic E-state index is 12.1. The zero-order valence-electron chi connectivity index (χ0n) is 11.8. The average molecular weight is 299 g/mol. The molecule has 0 aromatic heterocycles. The number of halogens is 1. The molecule has 1 aromatic carbocycles. The summed E-state index contributed by atoms with van der Waals surface area (Å²) in [6.45, 7) is 3.85. The first-order chi connectivity index (χ1) is 9.40. The van der Waals surface area contributed by atoms with Gasteiger partial charge in [-0.25, -0.2) is 4.79 Å². The summed E-state index contributed by atoms with van der Waals surface area (Å²) in [6, 6.07) is 3.90. The Morgan fingerprint density at radius 1 is 1.45 bits per heavy atom. The number of carbonyl (C=O) groups excluding carboxylic acids is 2. The van der Waals surface area contributed by atoms with Crippen molar-refractivity contribution in [3.8, 4) is 0 Å². The molecule has 0 heterocycles. The number of benzene rings is 1. The van der Waals surface area contributed by atoms with Crippen molar-refractivity contribution in [2.24, 2.45) is 11.7 Å². The quantitative estimate of drug-likeness (QED) is 0.818. The molecule has 1 rings (SSSR count). The Bertz CT molecular complexity index is 505. The van der Waals surface area contributed by atoms with Gasteiger partial charge in [0.1, 0.15) is 0 Å². The Morgan fingerprint density at radius 3 is 2.65 bits per heavy atom. The average Bonchev–Trinajstić information content (AvgIpc) is 2.44. The van der Waals surface area contributed by atoms with Crippen molar-refractivity contribution in [2.75, 3.05) is 12.4 Å². The maximum Gasteiger partial charge on any atom is 0.339 e. The minimum Gasteiger partial charge on any atom is -0.465 e. The molecule has 0 bridgehead atoms. The van der Waals surface area contributed by atoms with Gasteiger partial charge in [0.2, 0.25) is 5.91 Å². The van der Waals surface area contributed by atoms with Crippen LogP contribution in [0.5, 0.6) is 0 Å². The third-order valence-corrected chi connectivity index (χ3v) is 3.44. The lowest BCUT2D eigenvalue weighted by atomic mass is 9.99. The zero-order valence-corrected chi connectivity index (χ0v) is 12.5. The van der Waals surface area contributed by atoms with E-state index >= 15 is 0 Å². The summed E-state index contributed by atoms with van der Waals surface area (Å²) in [4.78, 5) is 23.7. The Morgan fingerprint density at radius 2 is 2.10 bits per heavy atom. The fourth-order valence-electron chi connectivity index (χ4n) is 1.64. The van der Waals surface area contributed by atoms with Crippen molar-refractivity contribution in [2.45, 2.75) is 26.3 Å². The van der Waals surface area contributed by atoms with Crippen LogP contribution in [0.3, 0.4) is 0 Å². The fourth-order valence-corrected chi connectivity index (χ4v) is 1.81. The normalized spacial score (nSPS) is 13.4. The highest BCUT2D eigenvalue weighted by Crippen LogP contribution is 2.22. The van der Waals surface area contributed by atoms with Crippen LogP contribution < -0.4 is 11.1 Å². The van der Waals surface area contributed by atoms with Gasteiger partial charge >= 0.3 is 5.97 Å². The van der Waals surface area contributed by atoms with Crippen LogP contribution in [0, 0.1) is 5.92 Å². The van der Waals surface area contributed by atoms with E-state index in [-0.39, 0.29) is 17.4 Å². The van der Waals surface area contributed by atoms with E-state index in [2.05, 4.69) is 10.1 Å². The van der Waals surface area contributed by atoms with Crippen molar-refractivity contribution in [3.05, 3.63) is 28.8 Å². The number of nitrogens with two attached hydrogens (primary N) is 1. The van der Waals surface area contributed by atoms with Gasteiger partial charge in [-0.05, 0) is 24.1 Å². The van der Waals surface area contributed by atoms with E-state index in [1.807, 2.05) is 13.8 Å². The van der Waals surface area contributed by atoms with E-state index in [1.165, 1.54) is 19.2 Å². The number of methoxy groups -OCH3 is 1. The van der Waals surface area contributed by atoms with Gasteiger partial charge in [-0.15, -0.1) is 0 Å². The largest absolute Gasteiger partial charge is 0.465 e. The van der Waals surface area contributed by atoms with Crippen molar-refractivity contribution in [1.82, 2.24) is 0 Å². The maximum absolute atomic E-state index is 12.1. The first-order valence-corrected chi connectivity index (χ1v) is 6.72. The van der Waals surface area contributed by atoms with E-state index in [0.717, 1.165) is 6.42 Å². The van der Waals surface area contributed by atoms with Gasteiger partial charge < -0.3 is 15.8 Å². The van der Waals surface area contributed by atoms with Crippen LogP contribution in [0.2, 0.25) is 5.02 Å². The van der Waals surface area contributed by atoms with Gasteiger partial charge in [0.15, 0.2) is 0 Å². The number of esters is 1. The lowest BCUT2D eigenvalue weighted by Gasteiger charge is -2.18. The molecule has 5 nitrogen and oxygen atoms in total. The summed E-state index contributed by atoms with van der Waals surface area (Å²) in [5.74, 6) is -0.864. The molecule has 1 aromatic rings. The smallest absolute Gasteiger partial charge is 0.339 e. The minimum atomic E-state index is -0.649. The van der Waals surface area contributed by atoms with Gasteiger partial charge in [-0.3, -0.25) is 4.79 Å². The number of rotatable bonds is 5. The molecular formula is C14H19ClN2O3. The molecule has 0 aliphatic rings. The first kappa shape index (κ1) is 16.5. The molecule has 0 aliphatic heterocycles. The zero-order chi connectivity index (χ0) is 15.3. The van der Waals surface area contributed by atoms with E-state index in [0.29, 0.717) is 10.7 Å². The molecule has 1 amide bonds. The van der Waals surface area contributed by atoms with Gasteiger partial charge in [-0.1, -0.05) is 31.9 Å².